The van der Waals surface area contributed by atoms with Gasteiger partial charge in [-0.2, -0.15) is 0 Å². The van der Waals surface area contributed by atoms with E-state index < -0.39 is 9.84 Å². The van der Waals surface area contributed by atoms with Crippen molar-refractivity contribution in [2.24, 2.45) is 0 Å². The van der Waals surface area contributed by atoms with Crippen LogP contribution in [-0.2, 0) is 9.84 Å². The Hall–Kier alpha value is -0.940. The maximum atomic E-state index is 12.0. The van der Waals surface area contributed by atoms with Gasteiger partial charge in [-0.05, 0) is 31.5 Å². The third kappa shape index (κ3) is 2.03. The monoisotopic (exact) mass is 226 g/mol. The van der Waals surface area contributed by atoms with E-state index in [0.717, 1.165) is 12.1 Å². The van der Waals surface area contributed by atoms with Gasteiger partial charge in [0, 0.05) is 12.7 Å². The van der Waals surface area contributed by atoms with Gasteiger partial charge in [-0.15, -0.1) is 0 Å². The maximum absolute atomic E-state index is 12.0. The Kier molecular flexibility index (Phi) is 2.75. The van der Waals surface area contributed by atoms with Crippen molar-refractivity contribution in [2.45, 2.75) is 23.6 Å². The fraction of sp³-hybridized carbons (Fsp3) is 0.500. The number of pyridine rings is 1. The fourth-order valence-corrected chi connectivity index (χ4v) is 3.25. The summed E-state index contributed by atoms with van der Waals surface area (Å²) < 4.78 is 24.1. The van der Waals surface area contributed by atoms with Crippen LogP contribution >= 0.6 is 0 Å². The van der Waals surface area contributed by atoms with Gasteiger partial charge in [0.2, 0.25) is 0 Å². The molecular weight excluding hydrogens is 212 g/mol. The Morgan fingerprint density at radius 3 is 2.80 bits per heavy atom. The van der Waals surface area contributed by atoms with Crippen LogP contribution in [-0.4, -0.2) is 31.7 Å². The number of sulfone groups is 1. The molecule has 0 radical (unpaired) electrons. The number of aromatic nitrogens is 1. The highest BCUT2D eigenvalue weighted by Gasteiger charge is 2.30. The molecule has 82 valence electrons. The predicted molar refractivity (Wildman–Crippen MR) is 57.4 cm³/mol. The van der Waals surface area contributed by atoms with Crippen LogP contribution < -0.4 is 5.32 Å². The number of hydrogen-bond acceptors (Lipinski definition) is 4. The molecule has 0 amide bonds. The first-order valence-electron chi connectivity index (χ1n) is 4.98. The molecule has 0 saturated carbocycles. The van der Waals surface area contributed by atoms with Crippen LogP contribution in [0.3, 0.4) is 0 Å². The van der Waals surface area contributed by atoms with Crippen molar-refractivity contribution in [2.75, 3.05) is 13.1 Å². The third-order valence-electron chi connectivity index (χ3n) is 2.63. The predicted octanol–water partition coefficient (Wildman–Crippen LogP) is 0.526. The highest BCUT2D eigenvalue weighted by molar-refractivity contribution is 7.92. The third-order valence-corrected chi connectivity index (χ3v) is 4.73. The molecule has 1 N–H and O–H groups in total. The first-order chi connectivity index (χ1) is 7.10. The van der Waals surface area contributed by atoms with Gasteiger partial charge in [0.15, 0.2) is 14.9 Å². The van der Waals surface area contributed by atoms with Crippen molar-refractivity contribution in [1.29, 1.82) is 0 Å². The molecule has 0 unspecified atom stereocenters. The standard InChI is InChI=1S/C10H14N2O2S/c1-8-2-3-10(12-6-8)15(13,14)9-4-5-11-7-9/h2-3,6,9,11H,4-5,7H2,1H3/t9-/m1/s1. The molecule has 0 aliphatic carbocycles. The molecule has 0 bridgehead atoms. The summed E-state index contributed by atoms with van der Waals surface area (Å²) in [5, 5.41) is 2.94. The minimum absolute atomic E-state index is 0.196. The molecule has 4 nitrogen and oxygen atoms in total. The number of hydrogen-bond donors (Lipinski definition) is 1. The van der Waals surface area contributed by atoms with Crippen molar-refractivity contribution >= 4 is 9.84 Å². The smallest absolute Gasteiger partial charge is 0.199 e. The van der Waals surface area contributed by atoms with Crippen LogP contribution in [0.4, 0.5) is 0 Å². The molecule has 1 aliphatic rings. The normalized spacial score (nSPS) is 21.8. The van der Waals surface area contributed by atoms with E-state index >= 15 is 0 Å². The average Bonchev–Trinajstić information content (AvgIpc) is 2.71. The van der Waals surface area contributed by atoms with Gasteiger partial charge in [-0.25, -0.2) is 13.4 Å². The molecule has 1 aliphatic heterocycles. The SMILES string of the molecule is Cc1ccc(S(=O)(=O)[C@@H]2CCNC2)nc1. The second kappa shape index (κ2) is 3.90. The van der Waals surface area contributed by atoms with E-state index in [9.17, 15) is 8.42 Å². The van der Waals surface area contributed by atoms with Crippen LogP contribution in [0, 0.1) is 6.92 Å². The summed E-state index contributed by atoms with van der Waals surface area (Å²) >= 11 is 0. The summed E-state index contributed by atoms with van der Waals surface area (Å²) in [7, 11) is -3.23. The molecular formula is C10H14N2O2S. The van der Waals surface area contributed by atoms with Crippen LogP contribution in [0.2, 0.25) is 0 Å². The van der Waals surface area contributed by atoms with Gasteiger partial charge in [-0.3, -0.25) is 0 Å². The molecule has 1 saturated heterocycles. The second-order valence-corrected chi connectivity index (χ2v) is 6.01. The summed E-state index contributed by atoms with van der Waals surface area (Å²) in [6, 6.07) is 3.37. The molecule has 1 atom stereocenters. The zero-order valence-corrected chi connectivity index (χ0v) is 9.42. The van der Waals surface area contributed by atoms with Crippen molar-refractivity contribution in [3.8, 4) is 0 Å². The lowest BCUT2D eigenvalue weighted by molar-refractivity contribution is 0.579. The van der Waals surface area contributed by atoms with E-state index in [4.69, 9.17) is 0 Å². The van der Waals surface area contributed by atoms with Crippen molar-refractivity contribution < 1.29 is 8.42 Å². The highest BCUT2D eigenvalue weighted by Crippen LogP contribution is 2.18. The van der Waals surface area contributed by atoms with E-state index in [0.29, 0.717) is 13.0 Å². The lowest BCUT2D eigenvalue weighted by atomic mass is 10.3. The van der Waals surface area contributed by atoms with Crippen molar-refractivity contribution in [3.63, 3.8) is 0 Å². The van der Waals surface area contributed by atoms with Gasteiger partial charge in [-0.1, -0.05) is 6.07 Å². The highest BCUT2D eigenvalue weighted by atomic mass is 32.2. The topological polar surface area (TPSA) is 59.1 Å². The summed E-state index contributed by atoms with van der Waals surface area (Å²) in [6.45, 7) is 3.20. The first kappa shape index (κ1) is 10.6. The first-order valence-corrected chi connectivity index (χ1v) is 6.52. The second-order valence-electron chi connectivity index (χ2n) is 3.83. The van der Waals surface area contributed by atoms with Gasteiger partial charge in [0.05, 0.1) is 5.25 Å². The van der Waals surface area contributed by atoms with E-state index in [2.05, 4.69) is 10.3 Å². The lowest BCUT2D eigenvalue weighted by Crippen LogP contribution is -2.24. The van der Waals surface area contributed by atoms with E-state index in [-0.39, 0.29) is 10.3 Å². The minimum Gasteiger partial charge on any atom is -0.315 e. The van der Waals surface area contributed by atoms with E-state index in [1.54, 1.807) is 18.3 Å². The van der Waals surface area contributed by atoms with Crippen LogP contribution in [0.15, 0.2) is 23.4 Å². The van der Waals surface area contributed by atoms with E-state index in [1.165, 1.54) is 0 Å². The molecule has 1 aromatic heterocycles. The minimum atomic E-state index is -3.23. The molecule has 5 heteroatoms. The number of nitrogens with zero attached hydrogens (tertiary/aromatic N) is 1. The van der Waals surface area contributed by atoms with Gasteiger partial charge >= 0.3 is 0 Å². The Bertz CT molecular complexity index is 433. The number of rotatable bonds is 2. The molecule has 0 aromatic carbocycles. The maximum Gasteiger partial charge on any atom is 0.199 e. The Morgan fingerprint density at radius 1 is 1.47 bits per heavy atom. The molecule has 0 spiro atoms. The zero-order chi connectivity index (χ0) is 10.9. The molecule has 2 rings (SSSR count). The molecule has 15 heavy (non-hydrogen) atoms. The van der Waals surface area contributed by atoms with Crippen molar-refractivity contribution in [1.82, 2.24) is 10.3 Å². The Morgan fingerprint density at radius 2 is 2.27 bits per heavy atom. The zero-order valence-electron chi connectivity index (χ0n) is 8.60. The molecule has 1 aromatic rings. The summed E-state index contributed by atoms with van der Waals surface area (Å²) in [4.78, 5) is 3.98. The van der Waals surface area contributed by atoms with Crippen LogP contribution in [0.1, 0.15) is 12.0 Å². The summed E-state index contributed by atoms with van der Waals surface area (Å²) in [5.41, 5.74) is 0.971. The number of aryl methyl sites for hydroxylation is 1. The van der Waals surface area contributed by atoms with Crippen LogP contribution in [0.5, 0.6) is 0 Å². The molecule has 1 fully saturated rings. The quantitative estimate of drug-likeness (QED) is 0.799. The van der Waals surface area contributed by atoms with Gasteiger partial charge < -0.3 is 5.32 Å². The largest absolute Gasteiger partial charge is 0.315 e. The summed E-state index contributed by atoms with van der Waals surface area (Å²) in [6.07, 6.45) is 2.27. The Balaban J connectivity index is 2.32. The van der Waals surface area contributed by atoms with E-state index in [1.807, 2.05) is 6.92 Å². The fourth-order valence-electron chi connectivity index (χ4n) is 1.69. The van der Waals surface area contributed by atoms with Gasteiger partial charge in [0.25, 0.3) is 0 Å². The Labute approximate surface area is 89.6 Å². The van der Waals surface area contributed by atoms with Crippen LogP contribution in [0.25, 0.3) is 0 Å². The summed E-state index contributed by atoms with van der Waals surface area (Å²) in [5.74, 6) is 0. The lowest BCUT2D eigenvalue weighted by Gasteiger charge is -2.09. The van der Waals surface area contributed by atoms with Gasteiger partial charge in [0.1, 0.15) is 0 Å². The number of nitrogens with one attached hydrogen (secondary N) is 1. The van der Waals surface area contributed by atoms with Crippen molar-refractivity contribution in [3.05, 3.63) is 23.9 Å². The molecule has 2 heterocycles. The average molecular weight is 226 g/mol.